The molecule has 1 fully saturated rings. The Kier molecular flexibility index (Phi) is 3.21. The topological polar surface area (TPSA) is 59.2 Å². The van der Waals surface area contributed by atoms with E-state index in [0.29, 0.717) is 23.2 Å². The standard InChI is InChI=1S/C14H15N3OS/c15-12-5-7-19-13(12)14(18)17(11-3-4-11)9-10-2-1-6-16-8-10/h1-2,5-8,11H,3-4,9,15H2. The number of thiophene rings is 1. The number of anilines is 1. The Bertz CT molecular complexity index is 577. The molecule has 4 nitrogen and oxygen atoms in total. The summed E-state index contributed by atoms with van der Waals surface area (Å²) < 4.78 is 0. The quantitative estimate of drug-likeness (QED) is 0.931. The van der Waals surface area contributed by atoms with Gasteiger partial charge in [0, 0.05) is 25.0 Å². The summed E-state index contributed by atoms with van der Waals surface area (Å²) in [5, 5.41) is 1.86. The number of nitrogens with zero attached hydrogens (tertiary/aromatic N) is 2. The van der Waals surface area contributed by atoms with E-state index < -0.39 is 0 Å². The summed E-state index contributed by atoms with van der Waals surface area (Å²) in [7, 11) is 0. The summed E-state index contributed by atoms with van der Waals surface area (Å²) in [5.74, 6) is 0.0406. The molecule has 1 aliphatic rings. The third kappa shape index (κ3) is 2.61. The number of carbonyl (C=O) groups is 1. The molecular formula is C14H15N3OS. The monoisotopic (exact) mass is 273 g/mol. The number of amides is 1. The molecule has 19 heavy (non-hydrogen) atoms. The van der Waals surface area contributed by atoms with Crippen LogP contribution in [-0.2, 0) is 6.54 Å². The molecule has 0 aliphatic heterocycles. The van der Waals surface area contributed by atoms with Crippen molar-refractivity contribution >= 4 is 22.9 Å². The SMILES string of the molecule is Nc1ccsc1C(=O)N(Cc1cccnc1)C1CC1. The normalized spacial score (nSPS) is 14.3. The van der Waals surface area contributed by atoms with Crippen LogP contribution in [0.1, 0.15) is 28.1 Å². The van der Waals surface area contributed by atoms with Crippen molar-refractivity contribution < 1.29 is 4.79 Å². The van der Waals surface area contributed by atoms with Crippen molar-refractivity contribution in [3.63, 3.8) is 0 Å². The van der Waals surface area contributed by atoms with E-state index in [9.17, 15) is 4.79 Å². The largest absolute Gasteiger partial charge is 0.397 e. The van der Waals surface area contributed by atoms with E-state index in [0.717, 1.165) is 18.4 Å². The maximum atomic E-state index is 12.5. The van der Waals surface area contributed by atoms with Crippen LogP contribution in [0.25, 0.3) is 0 Å². The summed E-state index contributed by atoms with van der Waals surface area (Å²) in [6.45, 7) is 0.606. The van der Waals surface area contributed by atoms with Crippen LogP contribution in [0.4, 0.5) is 5.69 Å². The smallest absolute Gasteiger partial charge is 0.266 e. The highest BCUT2D eigenvalue weighted by molar-refractivity contribution is 7.12. The van der Waals surface area contributed by atoms with Crippen molar-refractivity contribution in [1.29, 1.82) is 0 Å². The molecule has 5 heteroatoms. The first kappa shape index (κ1) is 12.2. The number of aromatic nitrogens is 1. The van der Waals surface area contributed by atoms with E-state index in [1.807, 2.05) is 22.4 Å². The Hall–Kier alpha value is -1.88. The maximum Gasteiger partial charge on any atom is 0.266 e. The number of carbonyl (C=O) groups excluding carboxylic acids is 1. The van der Waals surface area contributed by atoms with Gasteiger partial charge in [-0.05, 0) is 35.9 Å². The van der Waals surface area contributed by atoms with Crippen molar-refractivity contribution in [2.24, 2.45) is 0 Å². The molecule has 2 aromatic rings. The zero-order chi connectivity index (χ0) is 13.2. The first-order valence-electron chi connectivity index (χ1n) is 6.28. The molecule has 0 unspecified atom stereocenters. The van der Waals surface area contributed by atoms with Gasteiger partial charge < -0.3 is 10.6 Å². The van der Waals surface area contributed by atoms with Gasteiger partial charge in [0.05, 0.1) is 5.69 Å². The van der Waals surface area contributed by atoms with Crippen molar-refractivity contribution in [1.82, 2.24) is 9.88 Å². The van der Waals surface area contributed by atoms with Crippen LogP contribution in [-0.4, -0.2) is 21.8 Å². The van der Waals surface area contributed by atoms with E-state index in [1.54, 1.807) is 18.5 Å². The van der Waals surface area contributed by atoms with E-state index in [2.05, 4.69) is 4.98 Å². The minimum absolute atomic E-state index is 0.0406. The Morgan fingerprint density at radius 1 is 1.47 bits per heavy atom. The second-order valence-electron chi connectivity index (χ2n) is 4.73. The molecule has 1 saturated carbocycles. The van der Waals surface area contributed by atoms with Crippen LogP contribution in [0.2, 0.25) is 0 Å². The summed E-state index contributed by atoms with van der Waals surface area (Å²) >= 11 is 1.41. The maximum absolute atomic E-state index is 12.5. The highest BCUT2D eigenvalue weighted by Gasteiger charge is 2.34. The van der Waals surface area contributed by atoms with Gasteiger partial charge in [-0.3, -0.25) is 9.78 Å². The molecule has 1 amide bonds. The average molecular weight is 273 g/mol. The molecule has 0 spiro atoms. The van der Waals surface area contributed by atoms with Crippen molar-refractivity contribution in [2.75, 3.05) is 5.73 Å². The average Bonchev–Trinajstić information content (AvgIpc) is 3.18. The first-order chi connectivity index (χ1) is 9.25. The van der Waals surface area contributed by atoms with Gasteiger partial charge in [0.25, 0.3) is 5.91 Å². The second kappa shape index (κ2) is 5.01. The fourth-order valence-electron chi connectivity index (χ4n) is 2.06. The first-order valence-corrected chi connectivity index (χ1v) is 7.16. The zero-order valence-corrected chi connectivity index (χ0v) is 11.3. The molecule has 2 heterocycles. The van der Waals surface area contributed by atoms with Gasteiger partial charge in [0.2, 0.25) is 0 Å². The molecule has 98 valence electrons. The van der Waals surface area contributed by atoms with Gasteiger partial charge in [-0.2, -0.15) is 0 Å². The number of pyridine rings is 1. The van der Waals surface area contributed by atoms with Crippen LogP contribution in [0.3, 0.4) is 0 Å². The van der Waals surface area contributed by atoms with E-state index in [1.165, 1.54) is 11.3 Å². The van der Waals surface area contributed by atoms with Gasteiger partial charge in [-0.1, -0.05) is 6.07 Å². The molecule has 0 atom stereocenters. The predicted molar refractivity (Wildman–Crippen MR) is 75.9 cm³/mol. The summed E-state index contributed by atoms with van der Waals surface area (Å²) in [4.78, 5) is 19.2. The molecule has 2 aromatic heterocycles. The Labute approximate surface area is 115 Å². The Morgan fingerprint density at radius 3 is 2.89 bits per heavy atom. The summed E-state index contributed by atoms with van der Waals surface area (Å²) in [6.07, 6.45) is 5.71. The summed E-state index contributed by atoms with van der Waals surface area (Å²) in [5.41, 5.74) is 7.47. The Morgan fingerprint density at radius 2 is 2.32 bits per heavy atom. The van der Waals surface area contributed by atoms with Crippen LogP contribution in [0, 0.1) is 0 Å². The van der Waals surface area contributed by atoms with Crippen LogP contribution < -0.4 is 5.73 Å². The third-order valence-electron chi connectivity index (χ3n) is 3.21. The number of rotatable bonds is 4. The number of nitrogen functional groups attached to an aromatic ring is 1. The van der Waals surface area contributed by atoms with E-state index in [-0.39, 0.29) is 5.91 Å². The molecule has 0 bridgehead atoms. The second-order valence-corrected chi connectivity index (χ2v) is 5.65. The van der Waals surface area contributed by atoms with Gasteiger partial charge >= 0.3 is 0 Å². The lowest BCUT2D eigenvalue weighted by Crippen LogP contribution is -2.32. The Balaban J connectivity index is 1.82. The number of hydrogen-bond donors (Lipinski definition) is 1. The van der Waals surface area contributed by atoms with Crippen molar-refractivity contribution in [3.8, 4) is 0 Å². The van der Waals surface area contributed by atoms with Gasteiger partial charge in [0.15, 0.2) is 0 Å². The number of hydrogen-bond acceptors (Lipinski definition) is 4. The summed E-state index contributed by atoms with van der Waals surface area (Å²) in [6, 6.07) is 6.03. The van der Waals surface area contributed by atoms with Crippen LogP contribution >= 0.6 is 11.3 Å². The third-order valence-corrected chi connectivity index (χ3v) is 4.13. The molecule has 2 N–H and O–H groups in total. The molecule has 1 aliphatic carbocycles. The predicted octanol–water partition coefficient (Wildman–Crippen LogP) is 2.53. The lowest BCUT2D eigenvalue weighted by Gasteiger charge is -2.22. The lowest BCUT2D eigenvalue weighted by molar-refractivity contribution is 0.0735. The van der Waals surface area contributed by atoms with Crippen LogP contribution in [0.15, 0.2) is 36.0 Å². The van der Waals surface area contributed by atoms with Gasteiger partial charge in [0.1, 0.15) is 4.88 Å². The molecule has 3 rings (SSSR count). The van der Waals surface area contributed by atoms with Crippen molar-refractivity contribution in [3.05, 3.63) is 46.4 Å². The molecule has 0 aromatic carbocycles. The number of nitrogens with two attached hydrogens (primary N) is 1. The van der Waals surface area contributed by atoms with Crippen LogP contribution in [0.5, 0.6) is 0 Å². The minimum atomic E-state index is 0.0406. The molecule has 0 radical (unpaired) electrons. The minimum Gasteiger partial charge on any atom is -0.397 e. The van der Waals surface area contributed by atoms with E-state index in [4.69, 9.17) is 5.73 Å². The van der Waals surface area contributed by atoms with E-state index >= 15 is 0 Å². The fraction of sp³-hybridized carbons (Fsp3) is 0.286. The fourth-order valence-corrected chi connectivity index (χ4v) is 2.84. The highest BCUT2D eigenvalue weighted by atomic mass is 32.1. The van der Waals surface area contributed by atoms with Gasteiger partial charge in [-0.15, -0.1) is 11.3 Å². The van der Waals surface area contributed by atoms with Gasteiger partial charge in [-0.25, -0.2) is 0 Å². The zero-order valence-electron chi connectivity index (χ0n) is 10.5. The lowest BCUT2D eigenvalue weighted by atomic mass is 10.2. The molecular weight excluding hydrogens is 258 g/mol. The molecule has 0 saturated heterocycles. The van der Waals surface area contributed by atoms with Crippen molar-refractivity contribution in [2.45, 2.75) is 25.4 Å². The highest BCUT2D eigenvalue weighted by Crippen LogP contribution is 2.32.